The summed E-state index contributed by atoms with van der Waals surface area (Å²) in [6.45, 7) is 0.743. The molecule has 1 N–H and O–H groups in total. The van der Waals surface area contributed by atoms with Crippen LogP contribution in [-0.4, -0.2) is 41.4 Å². The van der Waals surface area contributed by atoms with E-state index in [4.69, 9.17) is 4.42 Å². The third kappa shape index (κ3) is 3.54. The summed E-state index contributed by atoms with van der Waals surface area (Å²) in [5.41, 5.74) is 0. The van der Waals surface area contributed by atoms with Gasteiger partial charge in [-0.3, -0.25) is 4.79 Å². The summed E-state index contributed by atoms with van der Waals surface area (Å²) in [5.74, 6) is 1.90. The molecule has 1 atom stereocenters. The Balaban J connectivity index is 2.10. The molecule has 1 aromatic heterocycles. The van der Waals surface area contributed by atoms with Gasteiger partial charge in [-0.25, -0.2) is 0 Å². The Bertz CT molecular complexity index is 419. The normalized spacial score (nSPS) is 20.3. The van der Waals surface area contributed by atoms with E-state index in [2.05, 4.69) is 0 Å². The van der Waals surface area contributed by atoms with Crippen molar-refractivity contribution in [3.05, 3.63) is 23.7 Å². The van der Waals surface area contributed by atoms with Crippen molar-refractivity contribution in [3.63, 3.8) is 0 Å². The minimum atomic E-state index is -0.0895. The highest BCUT2D eigenvalue weighted by molar-refractivity contribution is 7.97. The van der Waals surface area contributed by atoms with E-state index in [9.17, 15) is 9.90 Å². The Morgan fingerprint density at radius 3 is 3.05 bits per heavy atom. The standard InChI is InChI=1S/C14H21NO3S/c1-19-10-12-6-7-13(18-12)14(17)15-8-4-2-3-5-11(15)9-16/h6-7,11,16H,2-5,8-10H2,1H3. The third-order valence-electron chi connectivity index (χ3n) is 3.51. The average Bonchev–Trinajstić information content (AvgIpc) is 2.75. The van der Waals surface area contributed by atoms with E-state index < -0.39 is 0 Å². The first-order valence-electron chi connectivity index (χ1n) is 6.75. The number of hydrogen-bond donors (Lipinski definition) is 1. The van der Waals surface area contributed by atoms with Crippen molar-refractivity contribution in [1.29, 1.82) is 0 Å². The van der Waals surface area contributed by atoms with E-state index >= 15 is 0 Å². The molecule has 5 heteroatoms. The van der Waals surface area contributed by atoms with Crippen LogP contribution in [-0.2, 0) is 5.75 Å². The van der Waals surface area contributed by atoms with Crippen LogP contribution in [0.5, 0.6) is 0 Å². The van der Waals surface area contributed by atoms with E-state index in [1.54, 1.807) is 22.7 Å². The molecule has 19 heavy (non-hydrogen) atoms. The second kappa shape index (κ2) is 7.01. The van der Waals surface area contributed by atoms with Crippen LogP contribution in [0.25, 0.3) is 0 Å². The number of amides is 1. The monoisotopic (exact) mass is 283 g/mol. The maximum atomic E-state index is 12.5. The van der Waals surface area contributed by atoms with Crippen molar-refractivity contribution >= 4 is 17.7 Å². The summed E-state index contributed by atoms with van der Waals surface area (Å²) in [7, 11) is 0. The maximum absolute atomic E-state index is 12.5. The number of carbonyl (C=O) groups is 1. The van der Waals surface area contributed by atoms with Gasteiger partial charge in [0, 0.05) is 6.54 Å². The fourth-order valence-corrected chi connectivity index (χ4v) is 2.93. The number of likely N-dealkylation sites (tertiary alicyclic amines) is 1. The molecule has 0 spiro atoms. The van der Waals surface area contributed by atoms with Crippen LogP contribution in [0.3, 0.4) is 0 Å². The number of aliphatic hydroxyl groups is 1. The summed E-state index contributed by atoms with van der Waals surface area (Å²) in [6.07, 6.45) is 6.07. The molecule has 0 radical (unpaired) electrons. The van der Waals surface area contributed by atoms with Crippen LogP contribution < -0.4 is 0 Å². The van der Waals surface area contributed by atoms with Gasteiger partial charge < -0.3 is 14.4 Å². The zero-order chi connectivity index (χ0) is 13.7. The lowest BCUT2D eigenvalue weighted by Gasteiger charge is -2.27. The first-order valence-corrected chi connectivity index (χ1v) is 8.15. The predicted octanol–water partition coefficient (Wildman–Crippen LogP) is 2.52. The summed E-state index contributed by atoms with van der Waals surface area (Å²) in [5, 5.41) is 9.44. The summed E-state index contributed by atoms with van der Waals surface area (Å²) >= 11 is 1.67. The lowest BCUT2D eigenvalue weighted by Crippen LogP contribution is -2.41. The number of aliphatic hydroxyl groups excluding tert-OH is 1. The van der Waals surface area contributed by atoms with Gasteiger partial charge in [0.15, 0.2) is 5.76 Å². The van der Waals surface area contributed by atoms with E-state index in [1.165, 1.54) is 0 Å². The van der Waals surface area contributed by atoms with Crippen molar-refractivity contribution in [1.82, 2.24) is 4.90 Å². The molecular formula is C14H21NO3S. The van der Waals surface area contributed by atoms with Crippen molar-refractivity contribution in [2.24, 2.45) is 0 Å². The maximum Gasteiger partial charge on any atom is 0.289 e. The molecule has 106 valence electrons. The second-order valence-electron chi connectivity index (χ2n) is 4.88. The molecule has 0 aromatic carbocycles. The van der Waals surface area contributed by atoms with Gasteiger partial charge in [0.1, 0.15) is 5.76 Å². The van der Waals surface area contributed by atoms with Crippen LogP contribution in [0, 0.1) is 0 Å². The second-order valence-corrected chi connectivity index (χ2v) is 5.75. The molecule has 2 rings (SSSR count). The Labute approximate surface area is 118 Å². The fourth-order valence-electron chi connectivity index (χ4n) is 2.49. The fraction of sp³-hybridized carbons (Fsp3) is 0.643. The lowest BCUT2D eigenvalue weighted by atomic mass is 10.1. The number of furan rings is 1. The topological polar surface area (TPSA) is 53.7 Å². The zero-order valence-electron chi connectivity index (χ0n) is 11.3. The van der Waals surface area contributed by atoms with Gasteiger partial charge in [0.05, 0.1) is 18.4 Å². The van der Waals surface area contributed by atoms with E-state index in [1.807, 2.05) is 12.3 Å². The summed E-state index contributed by atoms with van der Waals surface area (Å²) in [4.78, 5) is 14.2. The smallest absolute Gasteiger partial charge is 0.289 e. The molecule has 1 amide bonds. The molecule has 0 bridgehead atoms. The van der Waals surface area contributed by atoms with Crippen molar-refractivity contribution in [2.75, 3.05) is 19.4 Å². The number of rotatable bonds is 4. The third-order valence-corrected chi connectivity index (χ3v) is 4.08. The molecule has 1 aromatic rings. The van der Waals surface area contributed by atoms with E-state index in [0.717, 1.165) is 37.2 Å². The number of nitrogens with zero attached hydrogens (tertiary/aromatic N) is 1. The number of carbonyl (C=O) groups excluding carboxylic acids is 1. The quantitative estimate of drug-likeness (QED) is 0.922. The Morgan fingerprint density at radius 1 is 1.47 bits per heavy atom. The van der Waals surface area contributed by atoms with Gasteiger partial charge in [0.2, 0.25) is 0 Å². The van der Waals surface area contributed by atoms with E-state index in [-0.39, 0.29) is 18.6 Å². The van der Waals surface area contributed by atoms with Gasteiger partial charge in [-0.1, -0.05) is 12.8 Å². The summed E-state index contributed by atoms with van der Waals surface area (Å²) < 4.78 is 5.58. The molecule has 4 nitrogen and oxygen atoms in total. The summed E-state index contributed by atoms with van der Waals surface area (Å²) in [6, 6.07) is 3.53. The molecule has 1 aliphatic rings. The van der Waals surface area contributed by atoms with Gasteiger partial charge in [0.25, 0.3) is 5.91 Å². The Morgan fingerprint density at radius 2 is 2.32 bits per heavy atom. The average molecular weight is 283 g/mol. The van der Waals surface area contributed by atoms with Crippen molar-refractivity contribution < 1.29 is 14.3 Å². The molecule has 1 fully saturated rings. The van der Waals surface area contributed by atoms with Gasteiger partial charge >= 0.3 is 0 Å². The van der Waals surface area contributed by atoms with Gasteiger partial charge in [-0.15, -0.1) is 0 Å². The molecular weight excluding hydrogens is 262 g/mol. The molecule has 0 aliphatic carbocycles. The SMILES string of the molecule is CSCc1ccc(C(=O)N2CCCCCC2CO)o1. The van der Waals surface area contributed by atoms with Crippen LogP contribution in [0.2, 0.25) is 0 Å². The van der Waals surface area contributed by atoms with Crippen molar-refractivity contribution in [2.45, 2.75) is 37.5 Å². The molecule has 1 saturated heterocycles. The largest absolute Gasteiger partial charge is 0.455 e. The number of thioether (sulfide) groups is 1. The highest BCUT2D eigenvalue weighted by Crippen LogP contribution is 2.21. The highest BCUT2D eigenvalue weighted by atomic mass is 32.2. The molecule has 1 unspecified atom stereocenters. The van der Waals surface area contributed by atoms with Crippen molar-refractivity contribution in [3.8, 4) is 0 Å². The van der Waals surface area contributed by atoms with Crippen LogP contribution in [0.1, 0.15) is 42.0 Å². The van der Waals surface area contributed by atoms with Crippen LogP contribution in [0.4, 0.5) is 0 Å². The van der Waals surface area contributed by atoms with E-state index in [0.29, 0.717) is 12.3 Å². The minimum absolute atomic E-state index is 0.0319. The Hall–Kier alpha value is -0.940. The van der Waals surface area contributed by atoms with Crippen LogP contribution >= 0.6 is 11.8 Å². The first kappa shape index (κ1) is 14.5. The predicted molar refractivity (Wildman–Crippen MR) is 76.3 cm³/mol. The zero-order valence-corrected chi connectivity index (χ0v) is 12.1. The first-order chi connectivity index (χ1) is 9.26. The molecule has 0 saturated carbocycles. The van der Waals surface area contributed by atoms with Gasteiger partial charge in [-0.2, -0.15) is 11.8 Å². The Kier molecular flexibility index (Phi) is 5.34. The van der Waals surface area contributed by atoms with Gasteiger partial charge in [-0.05, 0) is 31.2 Å². The molecule has 2 heterocycles. The van der Waals surface area contributed by atoms with Crippen LogP contribution in [0.15, 0.2) is 16.5 Å². The minimum Gasteiger partial charge on any atom is -0.455 e. The molecule has 1 aliphatic heterocycles. The highest BCUT2D eigenvalue weighted by Gasteiger charge is 2.27. The lowest BCUT2D eigenvalue weighted by molar-refractivity contribution is 0.0567. The number of hydrogen-bond acceptors (Lipinski definition) is 4.